The van der Waals surface area contributed by atoms with Gasteiger partial charge in [-0.05, 0) is 38.1 Å². The molecule has 1 aliphatic rings. The lowest BCUT2D eigenvalue weighted by molar-refractivity contribution is 0.254. The van der Waals surface area contributed by atoms with Crippen molar-refractivity contribution in [3.63, 3.8) is 0 Å². The summed E-state index contributed by atoms with van der Waals surface area (Å²) in [7, 11) is 1.71. The summed E-state index contributed by atoms with van der Waals surface area (Å²) in [6.07, 6.45) is 3.14. The van der Waals surface area contributed by atoms with Gasteiger partial charge in [-0.1, -0.05) is 6.07 Å². The van der Waals surface area contributed by atoms with Gasteiger partial charge < -0.3 is 14.8 Å². The lowest BCUT2D eigenvalue weighted by Crippen LogP contribution is -2.20. The van der Waals surface area contributed by atoms with Crippen LogP contribution >= 0.6 is 0 Å². The highest BCUT2D eigenvalue weighted by atomic mass is 16.5. The van der Waals surface area contributed by atoms with Crippen LogP contribution in [0.15, 0.2) is 36.5 Å². The Morgan fingerprint density at radius 3 is 3.08 bits per heavy atom. The zero-order valence-corrected chi connectivity index (χ0v) is 14.7. The van der Waals surface area contributed by atoms with Crippen molar-refractivity contribution in [2.24, 2.45) is 0 Å². The van der Waals surface area contributed by atoms with Gasteiger partial charge in [0, 0.05) is 30.3 Å². The summed E-state index contributed by atoms with van der Waals surface area (Å²) in [5, 5.41) is 12.0. The molecule has 0 spiro atoms. The van der Waals surface area contributed by atoms with Gasteiger partial charge >= 0.3 is 0 Å². The minimum absolute atomic E-state index is 0.0511. The fourth-order valence-corrected chi connectivity index (χ4v) is 3.32. The number of methoxy groups -OCH3 is 1. The summed E-state index contributed by atoms with van der Waals surface area (Å²) in [5.41, 5.74) is 3.14. The van der Waals surface area contributed by atoms with Crippen LogP contribution in [0, 0.1) is 0 Å². The maximum absolute atomic E-state index is 5.87. The second kappa shape index (κ2) is 6.37. The van der Waals surface area contributed by atoms with Crippen molar-refractivity contribution < 1.29 is 9.47 Å². The van der Waals surface area contributed by atoms with Crippen molar-refractivity contribution in [3.8, 4) is 11.5 Å². The Bertz CT molecular complexity index is 906. The predicted octanol–water partition coefficient (Wildman–Crippen LogP) is 2.91. The number of ether oxygens (including phenoxy) is 2. The molecule has 6 heteroatoms. The van der Waals surface area contributed by atoms with Crippen molar-refractivity contribution in [3.05, 3.63) is 53.5 Å². The minimum atomic E-state index is 0.0511. The highest BCUT2D eigenvalue weighted by Gasteiger charge is 2.22. The number of hydrogen-bond acceptors (Lipinski definition) is 5. The van der Waals surface area contributed by atoms with E-state index in [-0.39, 0.29) is 12.1 Å². The quantitative estimate of drug-likeness (QED) is 0.775. The zero-order chi connectivity index (χ0) is 17.4. The fraction of sp³-hybridized carbons (Fsp3) is 0.368. The van der Waals surface area contributed by atoms with Crippen molar-refractivity contribution in [1.82, 2.24) is 19.9 Å². The fourth-order valence-electron chi connectivity index (χ4n) is 3.32. The third-order valence-corrected chi connectivity index (χ3v) is 4.63. The van der Waals surface area contributed by atoms with Gasteiger partial charge in [0.1, 0.15) is 17.6 Å². The number of aromatic nitrogens is 3. The minimum Gasteiger partial charge on any atom is -0.496 e. The SMILES string of the molecule is COc1cc2c(cc1CN[C@@H](C)c1nnc3ccccn13)O[C@@H](C)C2. The summed E-state index contributed by atoms with van der Waals surface area (Å²) in [6, 6.07) is 10.1. The maximum Gasteiger partial charge on any atom is 0.160 e. The van der Waals surface area contributed by atoms with E-state index in [0.29, 0.717) is 6.54 Å². The molecule has 0 fully saturated rings. The first kappa shape index (κ1) is 15.9. The zero-order valence-electron chi connectivity index (χ0n) is 14.7. The van der Waals surface area contributed by atoms with E-state index in [4.69, 9.17) is 9.47 Å². The molecule has 0 saturated heterocycles. The number of hydrogen-bond donors (Lipinski definition) is 1. The number of fused-ring (bicyclic) bond motifs is 2. The Morgan fingerprint density at radius 1 is 1.36 bits per heavy atom. The van der Waals surface area contributed by atoms with E-state index in [1.807, 2.05) is 28.8 Å². The third-order valence-electron chi connectivity index (χ3n) is 4.63. The summed E-state index contributed by atoms with van der Waals surface area (Å²) < 4.78 is 13.4. The average molecular weight is 338 g/mol. The van der Waals surface area contributed by atoms with E-state index in [1.165, 1.54) is 5.56 Å². The highest BCUT2D eigenvalue weighted by molar-refractivity contribution is 5.48. The summed E-state index contributed by atoms with van der Waals surface area (Å²) in [5.74, 6) is 2.74. The van der Waals surface area contributed by atoms with E-state index < -0.39 is 0 Å². The molecule has 0 radical (unpaired) electrons. The average Bonchev–Trinajstić information content (AvgIpc) is 3.20. The molecule has 0 unspecified atom stereocenters. The second-order valence-electron chi connectivity index (χ2n) is 6.49. The van der Waals surface area contributed by atoms with Gasteiger partial charge in [0.2, 0.25) is 0 Å². The molecule has 3 aromatic rings. The lowest BCUT2D eigenvalue weighted by atomic mass is 10.1. The molecular weight excluding hydrogens is 316 g/mol. The molecule has 25 heavy (non-hydrogen) atoms. The topological polar surface area (TPSA) is 60.7 Å². The molecule has 2 aromatic heterocycles. The molecule has 6 nitrogen and oxygen atoms in total. The molecule has 1 aromatic carbocycles. The van der Waals surface area contributed by atoms with Crippen LogP contribution in [0.25, 0.3) is 5.65 Å². The Balaban J connectivity index is 1.54. The van der Waals surface area contributed by atoms with Crippen molar-refractivity contribution >= 4 is 5.65 Å². The Labute approximate surface area is 146 Å². The van der Waals surface area contributed by atoms with Crippen LogP contribution in [0.4, 0.5) is 0 Å². The van der Waals surface area contributed by atoms with Crippen molar-refractivity contribution in [2.45, 2.75) is 39.0 Å². The number of benzene rings is 1. The molecule has 1 N–H and O–H groups in total. The van der Waals surface area contributed by atoms with Crippen LogP contribution in [-0.2, 0) is 13.0 Å². The van der Waals surface area contributed by atoms with E-state index in [2.05, 4.69) is 41.5 Å². The van der Waals surface area contributed by atoms with Crippen LogP contribution < -0.4 is 14.8 Å². The Hall–Kier alpha value is -2.60. The molecule has 4 rings (SSSR count). The second-order valence-corrected chi connectivity index (χ2v) is 6.49. The Kier molecular flexibility index (Phi) is 4.05. The number of rotatable bonds is 5. The van der Waals surface area contributed by atoms with Gasteiger partial charge in [0.25, 0.3) is 0 Å². The van der Waals surface area contributed by atoms with Gasteiger partial charge in [0.05, 0.1) is 13.2 Å². The number of pyridine rings is 1. The normalized spacial score (nSPS) is 17.3. The molecule has 3 heterocycles. The standard InChI is InChI=1S/C19H22N4O2/c1-12-8-14-9-16(24-3)15(10-17(14)25-12)11-20-13(2)19-22-21-18-6-4-5-7-23(18)19/h4-7,9-10,12-13,20H,8,11H2,1-3H3/t12-,13-/m0/s1. The van der Waals surface area contributed by atoms with Crippen LogP contribution in [0.3, 0.4) is 0 Å². The van der Waals surface area contributed by atoms with Gasteiger partial charge in [-0.15, -0.1) is 10.2 Å². The number of nitrogens with one attached hydrogen (secondary N) is 1. The third kappa shape index (κ3) is 2.93. The Morgan fingerprint density at radius 2 is 2.24 bits per heavy atom. The first-order chi connectivity index (χ1) is 12.2. The smallest absolute Gasteiger partial charge is 0.160 e. The lowest BCUT2D eigenvalue weighted by Gasteiger charge is -2.15. The van der Waals surface area contributed by atoms with Crippen molar-refractivity contribution in [1.29, 1.82) is 0 Å². The summed E-state index contributed by atoms with van der Waals surface area (Å²) >= 11 is 0. The molecule has 130 valence electrons. The molecule has 2 atom stereocenters. The largest absolute Gasteiger partial charge is 0.496 e. The van der Waals surface area contributed by atoms with E-state index >= 15 is 0 Å². The number of nitrogens with zero attached hydrogens (tertiary/aromatic N) is 3. The van der Waals surface area contributed by atoms with Crippen LogP contribution in [0.5, 0.6) is 11.5 Å². The molecular formula is C19H22N4O2. The van der Waals surface area contributed by atoms with Gasteiger partial charge in [-0.2, -0.15) is 0 Å². The van der Waals surface area contributed by atoms with Crippen LogP contribution in [-0.4, -0.2) is 27.8 Å². The van der Waals surface area contributed by atoms with E-state index in [1.54, 1.807) is 7.11 Å². The van der Waals surface area contributed by atoms with Gasteiger partial charge in [-0.25, -0.2) is 0 Å². The highest BCUT2D eigenvalue weighted by Crippen LogP contribution is 2.35. The van der Waals surface area contributed by atoms with E-state index in [9.17, 15) is 0 Å². The van der Waals surface area contributed by atoms with Gasteiger partial charge in [-0.3, -0.25) is 4.40 Å². The summed E-state index contributed by atoms with van der Waals surface area (Å²) in [4.78, 5) is 0. The van der Waals surface area contributed by atoms with Crippen molar-refractivity contribution in [2.75, 3.05) is 7.11 Å². The first-order valence-corrected chi connectivity index (χ1v) is 8.55. The van der Waals surface area contributed by atoms with Gasteiger partial charge in [0.15, 0.2) is 11.5 Å². The molecule has 0 amide bonds. The molecule has 1 aliphatic heterocycles. The van der Waals surface area contributed by atoms with Crippen LogP contribution in [0.1, 0.15) is 36.8 Å². The predicted molar refractivity (Wildman–Crippen MR) is 95.0 cm³/mol. The molecule has 0 saturated carbocycles. The monoisotopic (exact) mass is 338 g/mol. The maximum atomic E-state index is 5.87. The van der Waals surface area contributed by atoms with E-state index in [0.717, 1.165) is 35.0 Å². The molecule has 0 aliphatic carbocycles. The first-order valence-electron chi connectivity index (χ1n) is 8.55. The molecule has 0 bridgehead atoms. The van der Waals surface area contributed by atoms with Crippen LogP contribution in [0.2, 0.25) is 0 Å². The summed E-state index contributed by atoms with van der Waals surface area (Å²) in [6.45, 7) is 4.84.